The van der Waals surface area contributed by atoms with Crippen LogP contribution in [0, 0.1) is 0 Å². The van der Waals surface area contributed by atoms with E-state index in [0.717, 1.165) is 12.1 Å². The highest BCUT2D eigenvalue weighted by molar-refractivity contribution is 5.89. The number of carboxylic acid groups (broad SMARTS) is 1. The highest BCUT2D eigenvalue weighted by Crippen LogP contribution is 2.45. The average molecular weight is 777 g/mol. The number of nitrogens with two attached hydrogens (primary N) is 1. The number of aromatic amines is 1. The van der Waals surface area contributed by atoms with Crippen LogP contribution in [0.2, 0.25) is 0 Å². The van der Waals surface area contributed by atoms with Crippen LogP contribution in [0.3, 0.4) is 0 Å². The fourth-order valence-electron chi connectivity index (χ4n) is 6.77. The maximum Gasteiger partial charge on any atom is 0.336 e. The number of aliphatic hydroxyl groups excluding tert-OH is 3. The molecule has 7 rings (SSSR count). The zero-order valence-electron chi connectivity index (χ0n) is 29.5. The lowest BCUT2D eigenvalue weighted by molar-refractivity contribution is -0.307. The number of aromatic nitrogens is 1. The summed E-state index contributed by atoms with van der Waals surface area (Å²) in [6, 6.07) is 17.5. The molecule has 2 aliphatic heterocycles. The molecule has 2 aromatic heterocycles. The minimum atomic E-state index is -2.45. The third kappa shape index (κ3) is 7.80. The Morgan fingerprint density at radius 1 is 1.04 bits per heavy atom. The first-order chi connectivity index (χ1) is 26.8. The SMILES string of the molecule is Nc1ccc([C@@H](O)COc2ccc(-c3cc(=O)c4c(O)c(OCc5cccc(O)c5)c(O[C@@H]5O[C@H](C(=O)O)[C@](O)(C[C@H]6CNCN6)[C@@H](O)[C@H]5O)cc4o3)cc2)[nH]1. The number of ether oxygens (including phenoxy) is 4. The first-order valence-electron chi connectivity index (χ1n) is 17.5. The second-order valence-corrected chi connectivity index (χ2v) is 13.6. The van der Waals surface area contributed by atoms with Crippen molar-refractivity contribution >= 4 is 22.8 Å². The van der Waals surface area contributed by atoms with E-state index in [1.165, 1.54) is 12.1 Å². The first-order valence-corrected chi connectivity index (χ1v) is 17.5. The van der Waals surface area contributed by atoms with Crippen LogP contribution in [0.15, 0.2) is 82.0 Å². The number of phenols is 2. The topological polar surface area (TPSA) is 292 Å². The molecule has 7 atom stereocenters. The summed E-state index contributed by atoms with van der Waals surface area (Å²) in [5.41, 5.74) is 3.68. The molecule has 0 aliphatic carbocycles. The number of nitrogen functional groups attached to an aromatic ring is 1. The van der Waals surface area contributed by atoms with E-state index >= 15 is 0 Å². The zero-order valence-corrected chi connectivity index (χ0v) is 29.5. The number of anilines is 1. The van der Waals surface area contributed by atoms with E-state index in [-0.39, 0.29) is 42.1 Å². The zero-order chi connectivity index (χ0) is 39.7. The number of carboxylic acids is 1. The summed E-state index contributed by atoms with van der Waals surface area (Å²) >= 11 is 0. The Labute approximate surface area is 317 Å². The van der Waals surface area contributed by atoms with E-state index < -0.39 is 71.0 Å². The van der Waals surface area contributed by atoms with Crippen molar-refractivity contribution in [3.8, 4) is 40.1 Å². The van der Waals surface area contributed by atoms with Gasteiger partial charge in [0.05, 0.1) is 0 Å². The standard InChI is InChI=1S/C38H40N4O14/c39-29-9-8-23(42-29)25(45)16-52-22-6-4-19(5-7-22)26-11-24(44)30-27(54-26)12-28(33(31(30)46)53-15-18-2-1-3-21(43)10-18)55-37-32(47)34(48)38(51,35(56-37)36(49)50)13-20-14-40-17-41-20/h1-12,20,25,32,34-35,37,40-43,45-48,51H,13-17,39H2,(H,49,50)/t20-,25-,32+,34-,35+,37+,38-/m0/s1. The number of hydrogen-bond donors (Lipinski definition) is 11. The van der Waals surface area contributed by atoms with Gasteiger partial charge in [-0.25, -0.2) is 4.79 Å². The van der Waals surface area contributed by atoms with Crippen LogP contribution in [-0.4, -0.2) is 103 Å². The molecule has 18 nitrogen and oxygen atoms in total. The molecular formula is C38H40N4O14. The number of benzene rings is 3. The largest absolute Gasteiger partial charge is 0.508 e. The van der Waals surface area contributed by atoms with Gasteiger partial charge >= 0.3 is 5.97 Å². The summed E-state index contributed by atoms with van der Waals surface area (Å²) in [7, 11) is 0. The Morgan fingerprint density at radius 3 is 2.50 bits per heavy atom. The van der Waals surface area contributed by atoms with Gasteiger partial charge in [0.15, 0.2) is 23.0 Å². The van der Waals surface area contributed by atoms with Gasteiger partial charge in [0.1, 0.15) is 71.2 Å². The molecule has 0 bridgehead atoms. The highest BCUT2D eigenvalue weighted by Gasteiger charge is 2.59. The Bertz CT molecular complexity index is 2260. The van der Waals surface area contributed by atoms with Crippen LogP contribution >= 0.6 is 0 Å². The van der Waals surface area contributed by atoms with Gasteiger partial charge in [-0.1, -0.05) is 12.1 Å². The highest BCUT2D eigenvalue weighted by atomic mass is 16.7. The Morgan fingerprint density at radius 2 is 1.82 bits per heavy atom. The molecule has 18 heteroatoms. The number of phenolic OH excluding ortho intramolecular Hbond substituents is 2. The molecule has 0 spiro atoms. The number of aromatic hydroxyl groups is 2. The Kier molecular flexibility index (Phi) is 10.8. The quantitative estimate of drug-likeness (QED) is 0.0796. The average Bonchev–Trinajstić information content (AvgIpc) is 3.85. The molecule has 2 aliphatic rings. The van der Waals surface area contributed by atoms with Crippen LogP contribution in [-0.2, 0) is 16.1 Å². The Balaban J connectivity index is 1.20. The summed E-state index contributed by atoms with van der Waals surface area (Å²) in [6.07, 6.45) is -9.41. The van der Waals surface area contributed by atoms with Gasteiger partial charge in [-0.3, -0.25) is 4.79 Å². The van der Waals surface area contributed by atoms with E-state index in [0.29, 0.717) is 41.6 Å². The van der Waals surface area contributed by atoms with E-state index in [9.17, 15) is 45.3 Å². The molecule has 2 fully saturated rings. The van der Waals surface area contributed by atoms with Crippen molar-refractivity contribution in [2.45, 2.75) is 55.4 Å². The van der Waals surface area contributed by atoms with E-state index in [2.05, 4.69) is 15.6 Å². The number of rotatable bonds is 13. The summed E-state index contributed by atoms with van der Waals surface area (Å²) in [6.45, 7) is 0.386. The molecular weight excluding hydrogens is 736 g/mol. The minimum absolute atomic E-state index is 0.0603. The summed E-state index contributed by atoms with van der Waals surface area (Å²) in [4.78, 5) is 28.8. The van der Waals surface area contributed by atoms with Gasteiger partial charge < -0.3 is 80.5 Å². The van der Waals surface area contributed by atoms with Crippen LogP contribution in [0.4, 0.5) is 5.82 Å². The van der Waals surface area contributed by atoms with Crippen molar-refractivity contribution in [1.82, 2.24) is 15.6 Å². The number of fused-ring (bicyclic) bond motifs is 1. The molecule has 0 saturated carbocycles. The van der Waals surface area contributed by atoms with Crippen LogP contribution in [0.25, 0.3) is 22.3 Å². The van der Waals surface area contributed by atoms with E-state index in [1.54, 1.807) is 48.5 Å². The molecule has 296 valence electrons. The van der Waals surface area contributed by atoms with Crippen molar-refractivity contribution < 1.29 is 63.9 Å². The smallest absolute Gasteiger partial charge is 0.336 e. The van der Waals surface area contributed by atoms with E-state index in [4.69, 9.17) is 29.1 Å². The minimum Gasteiger partial charge on any atom is -0.508 e. The molecule has 5 aromatic rings. The fourth-order valence-corrected chi connectivity index (χ4v) is 6.77. The summed E-state index contributed by atoms with van der Waals surface area (Å²) in [5, 5.41) is 81.4. The predicted molar refractivity (Wildman–Crippen MR) is 196 cm³/mol. The molecule has 3 aromatic carbocycles. The van der Waals surface area contributed by atoms with Gasteiger partial charge in [-0.15, -0.1) is 0 Å². The van der Waals surface area contributed by atoms with Crippen molar-refractivity contribution in [3.63, 3.8) is 0 Å². The third-order valence-electron chi connectivity index (χ3n) is 9.63. The van der Waals surface area contributed by atoms with E-state index in [1.807, 2.05) is 0 Å². The molecule has 56 heavy (non-hydrogen) atoms. The monoisotopic (exact) mass is 776 g/mol. The second-order valence-electron chi connectivity index (χ2n) is 13.6. The number of aliphatic hydroxyl groups is 4. The molecule has 2 saturated heterocycles. The van der Waals surface area contributed by atoms with Crippen molar-refractivity contribution in [2.75, 3.05) is 25.6 Å². The van der Waals surface area contributed by atoms with Gasteiger partial charge in [0, 0.05) is 42.6 Å². The van der Waals surface area contributed by atoms with Gasteiger partial charge in [0.2, 0.25) is 12.0 Å². The van der Waals surface area contributed by atoms with Crippen molar-refractivity contribution in [3.05, 3.63) is 94.3 Å². The molecule has 0 amide bonds. The number of nitrogens with one attached hydrogen (secondary N) is 3. The normalized spacial score (nSPS) is 24.2. The van der Waals surface area contributed by atoms with Gasteiger partial charge in [-0.05, 0) is 60.5 Å². The van der Waals surface area contributed by atoms with Gasteiger partial charge in [0.25, 0.3) is 0 Å². The van der Waals surface area contributed by atoms with Crippen LogP contribution in [0.5, 0.6) is 28.7 Å². The molecule has 0 radical (unpaired) electrons. The summed E-state index contributed by atoms with van der Waals surface area (Å²) < 4.78 is 29.2. The molecule has 4 heterocycles. The molecule has 0 unspecified atom stereocenters. The predicted octanol–water partition coefficient (Wildman–Crippen LogP) is 1.02. The Hall–Kier alpha value is -5.86. The number of aliphatic carboxylic acids is 1. The maximum atomic E-state index is 13.6. The lowest BCUT2D eigenvalue weighted by Crippen LogP contribution is -2.70. The summed E-state index contributed by atoms with van der Waals surface area (Å²) in [5.74, 6) is -2.43. The van der Waals surface area contributed by atoms with Gasteiger partial charge in [-0.2, -0.15) is 0 Å². The second kappa shape index (κ2) is 15.7. The number of hydrogen-bond acceptors (Lipinski definition) is 16. The maximum absolute atomic E-state index is 13.6. The lowest BCUT2D eigenvalue weighted by atomic mass is 9.79. The van der Waals surface area contributed by atoms with Crippen LogP contribution < -0.4 is 36.0 Å². The fraction of sp³-hybridized carbons (Fsp3) is 0.316. The number of H-pyrrole nitrogens is 1. The van der Waals surface area contributed by atoms with Crippen LogP contribution in [0.1, 0.15) is 23.8 Å². The first kappa shape index (κ1) is 38.4. The van der Waals surface area contributed by atoms with Crippen molar-refractivity contribution in [1.29, 1.82) is 0 Å². The lowest BCUT2D eigenvalue weighted by Gasteiger charge is -2.47. The number of carbonyl (C=O) groups is 1. The molecule has 12 N–H and O–H groups in total. The third-order valence-corrected chi connectivity index (χ3v) is 9.63. The van der Waals surface area contributed by atoms with Crippen molar-refractivity contribution in [2.24, 2.45) is 0 Å².